The minimum Gasteiger partial charge on any atom is -0.378 e. The van der Waals surface area contributed by atoms with Crippen molar-refractivity contribution in [3.63, 3.8) is 0 Å². The van der Waals surface area contributed by atoms with Gasteiger partial charge in [0.25, 0.3) is 0 Å². The zero-order valence-corrected chi connectivity index (χ0v) is 17.8. The van der Waals surface area contributed by atoms with Crippen LogP contribution in [0.3, 0.4) is 0 Å². The molecule has 5 heterocycles. The van der Waals surface area contributed by atoms with Crippen LogP contribution >= 0.6 is 11.3 Å². The Morgan fingerprint density at radius 2 is 2.17 bits per heavy atom. The second kappa shape index (κ2) is 9.26. The Morgan fingerprint density at radius 3 is 3.00 bits per heavy atom. The third-order valence-corrected chi connectivity index (χ3v) is 6.67. The van der Waals surface area contributed by atoms with Gasteiger partial charge in [-0.25, -0.2) is 4.98 Å². The fraction of sp³-hybridized carbons (Fsp3) is 0.455. The number of aromatic nitrogens is 3. The van der Waals surface area contributed by atoms with Crippen LogP contribution in [0.25, 0.3) is 0 Å². The molecule has 2 aliphatic rings. The zero-order chi connectivity index (χ0) is 20.2. The lowest BCUT2D eigenvalue weighted by atomic mass is 10.1. The van der Waals surface area contributed by atoms with E-state index in [1.165, 1.54) is 24.1 Å². The minimum absolute atomic E-state index is 0. The van der Waals surface area contributed by atoms with Gasteiger partial charge in [-0.1, -0.05) is 0 Å². The van der Waals surface area contributed by atoms with Crippen molar-refractivity contribution in [1.82, 2.24) is 19.4 Å². The Balaban J connectivity index is 0.00000231. The van der Waals surface area contributed by atoms with Crippen LogP contribution in [0.2, 0.25) is 0 Å². The monoisotopic (exact) mass is 427 g/mol. The highest BCUT2D eigenvalue weighted by atomic mass is 32.1. The first-order valence-electron chi connectivity index (χ1n) is 10.5. The number of ether oxygens (including phenoxy) is 2. The molecule has 0 unspecified atom stereocenters. The second-order valence-corrected chi connectivity index (χ2v) is 8.68. The van der Waals surface area contributed by atoms with Gasteiger partial charge in [0.15, 0.2) is 5.13 Å². The molecule has 3 aromatic heterocycles. The lowest BCUT2D eigenvalue weighted by Crippen LogP contribution is -2.48. The van der Waals surface area contributed by atoms with Crippen LogP contribution in [0, 0.1) is 0 Å². The van der Waals surface area contributed by atoms with Gasteiger partial charge in [-0.15, -0.1) is 11.3 Å². The normalized spacial score (nSPS) is 19.8. The summed E-state index contributed by atoms with van der Waals surface area (Å²) in [5, 5.41) is 6.43. The van der Waals surface area contributed by atoms with E-state index in [0.29, 0.717) is 25.4 Å². The first-order chi connectivity index (χ1) is 14.9. The Hall–Kier alpha value is -2.26. The summed E-state index contributed by atoms with van der Waals surface area (Å²) in [6.07, 6.45) is 8.16. The SMILES string of the molecule is [HH].c1cc(COCNc2nc([C@H]3CCCN3C3COC3)cs2)n(Cc2ccncc2)c1. The van der Waals surface area contributed by atoms with Gasteiger partial charge < -0.3 is 19.4 Å². The van der Waals surface area contributed by atoms with Crippen molar-refractivity contribution in [3.8, 4) is 0 Å². The van der Waals surface area contributed by atoms with E-state index in [9.17, 15) is 0 Å². The lowest BCUT2D eigenvalue weighted by molar-refractivity contribution is -0.0700. The fourth-order valence-electron chi connectivity index (χ4n) is 4.17. The molecule has 2 aliphatic heterocycles. The standard InChI is InChI=1S/C22H27N5O2S.H2/c1-3-18(26(9-1)11-17-5-7-23-8-6-17)12-29-16-24-22-25-20(15-30-22)21-4-2-10-27(21)19-13-28-14-19;/h1,3,5-9,15,19,21H,2,4,10-14,16H2,(H,24,25);1H/t21-;/m1./s1. The van der Waals surface area contributed by atoms with Gasteiger partial charge in [0.05, 0.1) is 37.6 Å². The highest BCUT2D eigenvalue weighted by Gasteiger charge is 2.36. The maximum absolute atomic E-state index is 5.88. The van der Waals surface area contributed by atoms with Gasteiger partial charge in [-0.2, -0.15) is 0 Å². The van der Waals surface area contributed by atoms with Gasteiger partial charge in [0, 0.05) is 37.6 Å². The van der Waals surface area contributed by atoms with Crippen LogP contribution in [0.5, 0.6) is 0 Å². The molecule has 0 amide bonds. The molecule has 0 saturated carbocycles. The van der Waals surface area contributed by atoms with E-state index in [-0.39, 0.29) is 1.43 Å². The van der Waals surface area contributed by atoms with Gasteiger partial charge >= 0.3 is 0 Å². The molecule has 0 aromatic carbocycles. The molecule has 7 nitrogen and oxygen atoms in total. The highest BCUT2D eigenvalue weighted by Crippen LogP contribution is 2.36. The van der Waals surface area contributed by atoms with E-state index in [1.54, 1.807) is 11.3 Å². The van der Waals surface area contributed by atoms with Crippen molar-refractivity contribution in [3.05, 3.63) is 65.2 Å². The third kappa shape index (κ3) is 4.41. The molecule has 0 aliphatic carbocycles. The largest absolute Gasteiger partial charge is 0.378 e. The minimum atomic E-state index is 0. The maximum atomic E-state index is 5.88. The van der Waals surface area contributed by atoms with Crippen LogP contribution in [-0.4, -0.2) is 52.0 Å². The van der Waals surface area contributed by atoms with E-state index in [1.807, 2.05) is 24.5 Å². The number of nitrogens with zero attached hydrogens (tertiary/aromatic N) is 4. The van der Waals surface area contributed by atoms with Gasteiger partial charge in [0.2, 0.25) is 0 Å². The summed E-state index contributed by atoms with van der Waals surface area (Å²) in [7, 11) is 0. The second-order valence-electron chi connectivity index (χ2n) is 7.82. The molecule has 160 valence electrons. The smallest absolute Gasteiger partial charge is 0.184 e. The number of anilines is 1. The van der Waals surface area contributed by atoms with E-state index in [0.717, 1.165) is 37.1 Å². The molecule has 30 heavy (non-hydrogen) atoms. The average Bonchev–Trinajstić information content (AvgIpc) is 3.46. The van der Waals surface area contributed by atoms with Crippen LogP contribution < -0.4 is 5.32 Å². The third-order valence-electron chi connectivity index (χ3n) is 5.85. The summed E-state index contributed by atoms with van der Waals surface area (Å²) in [4.78, 5) is 11.5. The van der Waals surface area contributed by atoms with Crippen molar-refractivity contribution < 1.29 is 10.9 Å². The average molecular weight is 428 g/mol. The molecular weight excluding hydrogens is 398 g/mol. The number of pyridine rings is 1. The fourth-order valence-corrected chi connectivity index (χ4v) is 4.91. The Morgan fingerprint density at radius 1 is 1.27 bits per heavy atom. The van der Waals surface area contributed by atoms with Crippen molar-refractivity contribution in [1.29, 1.82) is 0 Å². The van der Waals surface area contributed by atoms with Crippen LogP contribution in [0.15, 0.2) is 48.2 Å². The van der Waals surface area contributed by atoms with Gasteiger partial charge in [-0.3, -0.25) is 9.88 Å². The number of nitrogens with one attached hydrogen (secondary N) is 1. The van der Waals surface area contributed by atoms with E-state index < -0.39 is 0 Å². The summed E-state index contributed by atoms with van der Waals surface area (Å²) in [5.41, 5.74) is 3.56. The molecule has 8 heteroatoms. The molecule has 1 atom stereocenters. The predicted octanol–water partition coefficient (Wildman–Crippen LogP) is 3.76. The molecule has 2 fully saturated rings. The molecule has 2 saturated heterocycles. The van der Waals surface area contributed by atoms with Crippen molar-refractivity contribution >= 4 is 16.5 Å². The summed E-state index contributed by atoms with van der Waals surface area (Å²) in [6.45, 7) is 4.70. The topological polar surface area (TPSA) is 64.4 Å². The zero-order valence-electron chi connectivity index (χ0n) is 16.9. The Kier molecular flexibility index (Phi) is 6.08. The van der Waals surface area contributed by atoms with Crippen LogP contribution in [0.1, 0.15) is 37.3 Å². The maximum Gasteiger partial charge on any atom is 0.184 e. The molecule has 0 bridgehead atoms. The number of hydrogen-bond donors (Lipinski definition) is 1. The molecule has 1 N–H and O–H groups in total. The Bertz CT molecular complexity index is 946. The summed E-state index contributed by atoms with van der Waals surface area (Å²) in [5.74, 6) is 0. The lowest BCUT2D eigenvalue weighted by Gasteiger charge is -2.37. The molecule has 3 aromatic rings. The van der Waals surface area contributed by atoms with E-state index in [4.69, 9.17) is 14.5 Å². The number of likely N-dealkylation sites (tertiary alicyclic amines) is 1. The predicted molar refractivity (Wildman–Crippen MR) is 119 cm³/mol. The summed E-state index contributed by atoms with van der Waals surface area (Å²) >= 11 is 1.66. The molecule has 0 radical (unpaired) electrons. The first-order valence-corrected chi connectivity index (χ1v) is 11.4. The summed E-state index contributed by atoms with van der Waals surface area (Å²) < 4.78 is 13.5. The Labute approximate surface area is 182 Å². The van der Waals surface area contributed by atoms with Crippen LogP contribution in [-0.2, 0) is 22.6 Å². The van der Waals surface area contributed by atoms with Gasteiger partial charge in [-0.05, 0) is 49.2 Å². The molecular formula is C22H29N5O2S. The highest BCUT2D eigenvalue weighted by molar-refractivity contribution is 7.13. The van der Waals surface area contributed by atoms with E-state index in [2.05, 4.69) is 43.5 Å². The van der Waals surface area contributed by atoms with Crippen molar-refractivity contribution in [2.45, 2.75) is 38.1 Å². The van der Waals surface area contributed by atoms with Crippen molar-refractivity contribution in [2.75, 3.05) is 31.8 Å². The summed E-state index contributed by atoms with van der Waals surface area (Å²) in [6, 6.07) is 9.24. The quantitative estimate of drug-likeness (QED) is 0.414. The van der Waals surface area contributed by atoms with Crippen LogP contribution in [0.4, 0.5) is 5.13 Å². The molecule has 0 spiro atoms. The van der Waals surface area contributed by atoms with Crippen molar-refractivity contribution in [2.24, 2.45) is 0 Å². The number of rotatable bonds is 9. The first kappa shape index (κ1) is 19.7. The van der Waals surface area contributed by atoms with Gasteiger partial charge in [0.1, 0.15) is 6.73 Å². The number of thiazole rings is 1. The number of hydrogen-bond acceptors (Lipinski definition) is 7. The molecule has 5 rings (SSSR count). The van der Waals surface area contributed by atoms with E-state index >= 15 is 0 Å².